The van der Waals surface area contributed by atoms with Crippen LogP contribution in [0.3, 0.4) is 0 Å². The van der Waals surface area contributed by atoms with Crippen LogP contribution in [0.25, 0.3) is 5.82 Å². The van der Waals surface area contributed by atoms with Gasteiger partial charge in [-0.1, -0.05) is 19.4 Å². The van der Waals surface area contributed by atoms with Crippen molar-refractivity contribution >= 4 is 27.6 Å². The predicted octanol–water partition coefficient (Wildman–Crippen LogP) is 4.42. The molecule has 4 heterocycles. The lowest BCUT2D eigenvalue weighted by atomic mass is 10.00. The minimum absolute atomic E-state index is 0.00256. The molecule has 250 valence electrons. The Balaban J connectivity index is 1.38. The van der Waals surface area contributed by atoms with Crippen LogP contribution >= 0.6 is 0 Å². The molecule has 1 aliphatic heterocycles. The highest BCUT2D eigenvalue weighted by molar-refractivity contribution is 7.90. The van der Waals surface area contributed by atoms with E-state index in [2.05, 4.69) is 20.1 Å². The zero-order valence-corrected chi connectivity index (χ0v) is 26.8. The van der Waals surface area contributed by atoms with E-state index >= 15 is 0 Å². The third kappa shape index (κ3) is 7.22. The molecule has 0 radical (unpaired) electrons. The number of alkyl halides is 3. The second-order valence-corrected chi connectivity index (χ2v) is 14.1. The summed E-state index contributed by atoms with van der Waals surface area (Å²) in [5, 5.41) is 7.06. The number of nitrogens with one attached hydrogen (secondary N) is 2. The summed E-state index contributed by atoms with van der Waals surface area (Å²) in [5.41, 5.74) is 4.08. The fourth-order valence-electron chi connectivity index (χ4n) is 5.59. The van der Waals surface area contributed by atoms with E-state index in [1.165, 1.54) is 35.1 Å². The number of hydrogen-bond donors (Lipinski definition) is 3. The molecule has 1 unspecified atom stereocenters. The number of nitrogens with two attached hydrogens (primary N) is 1. The summed E-state index contributed by atoms with van der Waals surface area (Å²) >= 11 is 0. The first-order valence-electron chi connectivity index (χ1n) is 15.2. The third-order valence-electron chi connectivity index (χ3n) is 8.42. The molecule has 46 heavy (non-hydrogen) atoms. The minimum Gasteiger partial charge on any atom is -0.477 e. The topological polar surface area (TPSA) is 157 Å². The number of sulfonamides is 1. The number of nitrogens with zero attached hydrogens (tertiary/aromatic N) is 5. The Labute approximate surface area is 266 Å². The summed E-state index contributed by atoms with van der Waals surface area (Å²) in [5.74, 6) is 0.0708. The van der Waals surface area contributed by atoms with E-state index in [1.807, 2.05) is 25.7 Å². The summed E-state index contributed by atoms with van der Waals surface area (Å²) in [7, 11) is -4.35. The molecule has 2 aliphatic rings. The van der Waals surface area contributed by atoms with Crippen molar-refractivity contribution in [2.24, 2.45) is 11.1 Å². The molecule has 0 bridgehead atoms. The molecule has 1 saturated carbocycles. The lowest BCUT2D eigenvalue weighted by Crippen LogP contribution is -2.41. The van der Waals surface area contributed by atoms with Gasteiger partial charge in [0.2, 0.25) is 5.88 Å². The predicted molar refractivity (Wildman–Crippen MR) is 165 cm³/mol. The van der Waals surface area contributed by atoms with Crippen molar-refractivity contribution in [2.45, 2.75) is 82.1 Å². The molecule has 5 rings (SSSR count). The number of carbonyl (C=O) groups excluding carboxylic acids is 1. The number of unbranched alkanes of at least 4 members (excludes halogenated alkanes) is 1. The van der Waals surface area contributed by atoms with E-state index in [9.17, 15) is 26.4 Å². The van der Waals surface area contributed by atoms with Gasteiger partial charge in [-0.05, 0) is 70.2 Å². The lowest BCUT2D eigenvalue weighted by Gasteiger charge is -2.33. The molecule has 16 heteroatoms. The van der Waals surface area contributed by atoms with Crippen LogP contribution in [-0.4, -0.2) is 71.5 Å². The van der Waals surface area contributed by atoms with Gasteiger partial charge in [-0.15, -0.1) is 5.10 Å². The summed E-state index contributed by atoms with van der Waals surface area (Å²) in [6.45, 7) is 6.76. The first kappa shape index (κ1) is 33.4. The van der Waals surface area contributed by atoms with Crippen molar-refractivity contribution in [1.82, 2.24) is 24.5 Å². The number of carbonyl (C=O) groups is 1. The van der Waals surface area contributed by atoms with Crippen molar-refractivity contribution < 1.29 is 31.1 Å². The molecule has 3 aromatic heterocycles. The minimum atomic E-state index is -4.35. The van der Waals surface area contributed by atoms with Crippen LogP contribution in [0.15, 0.2) is 47.6 Å². The van der Waals surface area contributed by atoms with E-state index in [-0.39, 0.29) is 60.0 Å². The van der Waals surface area contributed by atoms with E-state index < -0.39 is 33.1 Å². The van der Waals surface area contributed by atoms with E-state index in [0.717, 1.165) is 12.8 Å². The third-order valence-corrected chi connectivity index (χ3v) is 9.65. The number of rotatable bonds is 13. The van der Waals surface area contributed by atoms with Crippen molar-refractivity contribution in [3.05, 3.63) is 48.2 Å². The number of ether oxygens (including phenoxy) is 1. The molecule has 12 nitrogen and oxygen atoms in total. The maximum absolute atomic E-state index is 13.6. The molecule has 1 atom stereocenters. The van der Waals surface area contributed by atoms with Gasteiger partial charge in [-0.2, -0.15) is 21.6 Å². The molecule has 0 spiro atoms. The van der Waals surface area contributed by atoms with Gasteiger partial charge in [0.1, 0.15) is 11.6 Å². The summed E-state index contributed by atoms with van der Waals surface area (Å²) < 4.78 is 75.3. The van der Waals surface area contributed by atoms with Gasteiger partial charge in [0.05, 0.1) is 17.6 Å². The highest BCUT2D eigenvalue weighted by atomic mass is 32.2. The average Bonchev–Trinajstić information content (AvgIpc) is 3.55. The zero-order valence-electron chi connectivity index (χ0n) is 26.0. The molecule has 0 aromatic carbocycles. The maximum atomic E-state index is 13.6. The van der Waals surface area contributed by atoms with Crippen LogP contribution in [0.5, 0.6) is 5.88 Å². The molecule has 1 aliphatic carbocycles. The van der Waals surface area contributed by atoms with Gasteiger partial charge in [-0.3, -0.25) is 4.79 Å². The van der Waals surface area contributed by atoms with Gasteiger partial charge >= 0.3 is 6.18 Å². The normalized spacial score (nSPS) is 18.8. The SMILES string of the molecule is CCCCNc1cccc(S(=O)(=O)NC(=O)c2ccc(-n3ccc(OCCC4(C(F)(F)F)CC4)n3)nc2N2CC(N)CC2(C)C)n1. The molecule has 3 aromatic rings. The second kappa shape index (κ2) is 12.7. The Bertz CT molecular complexity index is 1670. The highest BCUT2D eigenvalue weighted by Gasteiger charge is 2.62. The molecule has 1 saturated heterocycles. The van der Waals surface area contributed by atoms with Crippen molar-refractivity contribution in [2.75, 3.05) is 29.9 Å². The molecular formula is C30H39F3N8O4S. The van der Waals surface area contributed by atoms with Crippen molar-refractivity contribution in [1.29, 1.82) is 0 Å². The smallest absolute Gasteiger partial charge is 0.394 e. The number of aromatic nitrogens is 4. The van der Waals surface area contributed by atoms with Gasteiger partial charge in [0.15, 0.2) is 10.8 Å². The quantitative estimate of drug-likeness (QED) is 0.224. The van der Waals surface area contributed by atoms with E-state index in [1.54, 1.807) is 12.1 Å². The monoisotopic (exact) mass is 664 g/mol. The van der Waals surface area contributed by atoms with Gasteiger partial charge in [-0.25, -0.2) is 19.4 Å². The fourth-order valence-corrected chi connectivity index (χ4v) is 6.53. The summed E-state index contributed by atoms with van der Waals surface area (Å²) in [4.78, 5) is 24.3. The largest absolute Gasteiger partial charge is 0.477 e. The standard InChI is InChI=1S/C30H39F3N8O4S/c1-4-5-15-35-22-7-6-8-25(36-22)46(43,44)39-27(42)21-9-10-23(37-26(21)40-19-20(34)18-28(40,2)3)41-16-11-24(38-41)45-17-14-29(12-13-29)30(31,32)33/h6-11,16,20H,4-5,12-15,17-19,34H2,1-3H3,(H,35,36)(H,39,42). The number of hydrogen-bond acceptors (Lipinski definition) is 10. The van der Waals surface area contributed by atoms with Gasteiger partial charge < -0.3 is 20.7 Å². The van der Waals surface area contributed by atoms with Crippen molar-refractivity contribution in [3.63, 3.8) is 0 Å². The molecular weight excluding hydrogens is 625 g/mol. The van der Waals surface area contributed by atoms with Gasteiger partial charge in [0.25, 0.3) is 15.9 Å². The number of halogens is 3. The Hall–Kier alpha value is -3.92. The maximum Gasteiger partial charge on any atom is 0.394 e. The van der Waals surface area contributed by atoms with Gasteiger partial charge in [0, 0.05) is 36.9 Å². The van der Waals surface area contributed by atoms with Crippen LogP contribution in [0.1, 0.15) is 69.7 Å². The first-order valence-corrected chi connectivity index (χ1v) is 16.7. The Morgan fingerprint density at radius 1 is 1.15 bits per heavy atom. The molecule has 1 amide bonds. The van der Waals surface area contributed by atoms with Crippen LogP contribution in [-0.2, 0) is 10.0 Å². The van der Waals surface area contributed by atoms with Crippen molar-refractivity contribution in [3.8, 4) is 11.7 Å². The number of pyridine rings is 2. The Morgan fingerprint density at radius 2 is 1.91 bits per heavy atom. The number of amides is 1. The lowest BCUT2D eigenvalue weighted by molar-refractivity contribution is -0.190. The average molecular weight is 665 g/mol. The van der Waals surface area contributed by atoms with E-state index in [4.69, 9.17) is 15.5 Å². The van der Waals surface area contributed by atoms with E-state index in [0.29, 0.717) is 25.3 Å². The molecule has 4 N–H and O–H groups in total. The fraction of sp³-hybridized carbons (Fsp3) is 0.533. The summed E-state index contributed by atoms with van der Waals surface area (Å²) in [6, 6.07) is 8.72. The summed E-state index contributed by atoms with van der Waals surface area (Å²) in [6.07, 6.45) is -0.256. The Morgan fingerprint density at radius 3 is 2.57 bits per heavy atom. The number of anilines is 2. The highest BCUT2D eigenvalue weighted by Crippen LogP contribution is 2.59. The van der Waals surface area contributed by atoms with Crippen LogP contribution in [0.4, 0.5) is 24.8 Å². The first-order chi connectivity index (χ1) is 21.6. The second-order valence-electron chi connectivity index (χ2n) is 12.5. The zero-order chi connectivity index (χ0) is 33.3. The molecule has 2 fully saturated rings. The van der Waals surface area contributed by atoms with Crippen LogP contribution in [0.2, 0.25) is 0 Å². The van der Waals surface area contributed by atoms with Crippen LogP contribution in [0, 0.1) is 5.41 Å². The van der Waals surface area contributed by atoms with Crippen LogP contribution < -0.4 is 25.4 Å². The Kier molecular flexibility index (Phi) is 9.23.